The van der Waals surface area contributed by atoms with Gasteiger partial charge in [-0.1, -0.05) is 13.8 Å². The first-order valence-corrected chi connectivity index (χ1v) is 6.52. The number of nitrogens with zero attached hydrogens (tertiary/aromatic N) is 3. The van der Waals surface area contributed by atoms with Crippen LogP contribution >= 0.6 is 0 Å². The smallest absolute Gasteiger partial charge is 0.203 e. The summed E-state index contributed by atoms with van der Waals surface area (Å²) < 4.78 is 2.28. The van der Waals surface area contributed by atoms with Crippen LogP contribution in [0.15, 0.2) is 12.4 Å². The largest absolute Gasteiger partial charge is 0.351 e. The maximum Gasteiger partial charge on any atom is 0.203 e. The monoisotopic (exact) mass is 236 g/mol. The van der Waals surface area contributed by atoms with Crippen LogP contribution in [0.1, 0.15) is 32.7 Å². The second kappa shape index (κ2) is 5.08. The predicted octanol–water partition coefficient (Wildman–Crippen LogP) is 2.22. The van der Waals surface area contributed by atoms with Crippen molar-refractivity contribution in [3.05, 3.63) is 12.4 Å². The lowest BCUT2D eigenvalue weighted by Crippen LogP contribution is -2.37. The van der Waals surface area contributed by atoms with E-state index in [1.54, 1.807) is 0 Å². The van der Waals surface area contributed by atoms with Crippen molar-refractivity contribution < 1.29 is 0 Å². The number of nitrogens with one attached hydrogen (secondary N) is 1. The summed E-state index contributed by atoms with van der Waals surface area (Å²) >= 11 is 0. The minimum absolute atomic E-state index is 0.449. The topological polar surface area (TPSA) is 33.1 Å². The van der Waals surface area contributed by atoms with E-state index in [-0.39, 0.29) is 0 Å². The Kier molecular flexibility index (Phi) is 3.72. The Morgan fingerprint density at radius 3 is 2.71 bits per heavy atom. The van der Waals surface area contributed by atoms with Gasteiger partial charge in [-0.3, -0.25) is 0 Å². The summed E-state index contributed by atoms with van der Waals surface area (Å²) in [4.78, 5) is 6.66. The van der Waals surface area contributed by atoms with Crippen LogP contribution in [0, 0.1) is 5.92 Å². The van der Waals surface area contributed by atoms with E-state index in [1.165, 1.54) is 12.8 Å². The number of anilines is 1. The van der Waals surface area contributed by atoms with Gasteiger partial charge in [-0.15, -0.1) is 0 Å². The quantitative estimate of drug-likeness (QED) is 0.822. The normalized spacial score (nSPS) is 17.8. The van der Waals surface area contributed by atoms with Gasteiger partial charge in [0.1, 0.15) is 0 Å². The van der Waals surface area contributed by atoms with E-state index in [4.69, 9.17) is 0 Å². The molecular formula is C13H24N4. The van der Waals surface area contributed by atoms with Crippen molar-refractivity contribution in [2.24, 2.45) is 5.92 Å². The number of rotatable bonds is 6. The molecule has 1 unspecified atom stereocenters. The zero-order valence-corrected chi connectivity index (χ0v) is 11.3. The van der Waals surface area contributed by atoms with Gasteiger partial charge in [-0.05, 0) is 32.9 Å². The van der Waals surface area contributed by atoms with Gasteiger partial charge in [0.15, 0.2) is 0 Å². The van der Waals surface area contributed by atoms with E-state index in [9.17, 15) is 0 Å². The number of hydrogen-bond acceptors (Lipinski definition) is 3. The molecule has 0 amide bonds. The molecule has 96 valence electrons. The lowest BCUT2D eigenvalue weighted by molar-refractivity contribution is 0.343. The number of hydrogen-bond donors (Lipinski definition) is 1. The Labute approximate surface area is 104 Å². The molecule has 0 bridgehead atoms. The third kappa shape index (κ3) is 3.22. The van der Waals surface area contributed by atoms with E-state index in [1.807, 2.05) is 6.20 Å². The van der Waals surface area contributed by atoms with Crippen molar-refractivity contribution in [1.82, 2.24) is 14.5 Å². The molecule has 1 saturated carbocycles. The lowest BCUT2D eigenvalue weighted by Gasteiger charge is -2.26. The average molecular weight is 236 g/mol. The molecule has 0 saturated heterocycles. The molecule has 0 aromatic carbocycles. The molecule has 1 aliphatic carbocycles. The SMILES string of the molecule is CC(C)C(CN(C)C)Nc1nccn1C1CC1. The van der Waals surface area contributed by atoms with Crippen molar-refractivity contribution in [1.29, 1.82) is 0 Å². The molecular weight excluding hydrogens is 212 g/mol. The zero-order chi connectivity index (χ0) is 12.4. The molecule has 1 aromatic heterocycles. The molecule has 0 radical (unpaired) electrons. The fraction of sp³-hybridized carbons (Fsp3) is 0.769. The highest BCUT2D eigenvalue weighted by atomic mass is 15.2. The summed E-state index contributed by atoms with van der Waals surface area (Å²) in [5, 5.41) is 3.59. The van der Waals surface area contributed by atoms with Crippen LogP contribution < -0.4 is 5.32 Å². The second-order valence-electron chi connectivity index (χ2n) is 5.65. The first kappa shape index (κ1) is 12.4. The third-order valence-corrected chi connectivity index (χ3v) is 3.29. The van der Waals surface area contributed by atoms with Crippen molar-refractivity contribution in [3.8, 4) is 0 Å². The van der Waals surface area contributed by atoms with Gasteiger partial charge in [-0.25, -0.2) is 4.98 Å². The van der Waals surface area contributed by atoms with Gasteiger partial charge < -0.3 is 14.8 Å². The van der Waals surface area contributed by atoms with E-state index in [0.29, 0.717) is 18.0 Å². The standard InChI is InChI=1S/C13H24N4/c1-10(2)12(9-16(3)4)15-13-14-7-8-17(13)11-5-6-11/h7-8,10-12H,5-6,9H2,1-4H3,(H,14,15). The molecule has 0 spiro atoms. The highest BCUT2D eigenvalue weighted by Crippen LogP contribution is 2.36. The zero-order valence-electron chi connectivity index (χ0n) is 11.3. The average Bonchev–Trinajstić information content (AvgIpc) is 2.98. The van der Waals surface area contributed by atoms with E-state index >= 15 is 0 Å². The van der Waals surface area contributed by atoms with Crippen LogP contribution in [0.3, 0.4) is 0 Å². The predicted molar refractivity (Wildman–Crippen MR) is 71.3 cm³/mol. The van der Waals surface area contributed by atoms with E-state index in [2.05, 4.69) is 53.9 Å². The first-order chi connectivity index (χ1) is 8.08. The fourth-order valence-corrected chi connectivity index (χ4v) is 2.05. The molecule has 1 heterocycles. The van der Waals surface area contributed by atoms with Crippen LogP contribution in [-0.4, -0.2) is 41.1 Å². The Bertz CT molecular complexity index is 352. The van der Waals surface area contributed by atoms with Gasteiger partial charge in [0.2, 0.25) is 5.95 Å². The van der Waals surface area contributed by atoms with Gasteiger partial charge in [0.05, 0.1) is 0 Å². The molecule has 4 nitrogen and oxygen atoms in total. The second-order valence-corrected chi connectivity index (χ2v) is 5.65. The highest BCUT2D eigenvalue weighted by Gasteiger charge is 2.26. The van der Waals surface area contributed by atoms with E-state index < -0.39 is 0 Å². The summed E-state index contributed by atoms with van der Waals surface area (Å²) in [6, 6.07) is 1.14. The molecule has 1 aromatic rings. The Hall–Kier alpha value is -1.03. The minimum Gasteiger partial charge on any atom is -0.351 e. The Balaban J connectivity index is 2.03. The van der Waals surface area contributed by atoms with Gasteiger partial charge in [-0.2, -0.15) is 0 Å². The van der Waals surface area contributed by atoms with Gasteiger partial charge >= 0.3 is 0 Å². The number of aromatic nitrogens is 2. The summed E-state index contributed by atoms with van der Waals surface area (Å²) in [6.45, 7) is 5.55. The van der Waals surface area contributed by atoms with Crippen molar-refractivity contribution in [2.75, 3.05) is 26.0 Å². The molecule has 17 heavy (non-hydrogen) atoms. The summed E-state index contributed by atoms with van der Waals surface area (Å²) in [5.74, 6) is 1.63. The summed E-state index contributed by atoms with van der Waals surface area (Å²) in [5.41, 5.74) is 0. The van der Waals surface area contributed by atoms with Gasteiger partial charge in [0.25, 0.3) is 0 Å². The Morgan fingerprint density at radius 2 is 2.18 bits per heavy atom. The van der Waals surface area contributed by atoms with Crippen molar-refractivity contribution >= 4 is 5.95 Å². The first-order valence-electron chi connectivity index (χ1n) is 6.52. The van der Waals surface area contributed by atoms with Gasteiger partial charge in [0, 0.05) is 31.0 Å². The molecule has 1 aliphatic rings. The fourth-order valence-electron chi connectivity index (χ4n) is 2.05. The van der Waals surface area contributed by atoms with Crippen LogP contribution in [-0.2, 0) is 0 Å². The lowest BCUT2D eigenvalue weighted by atomic mass is 10.0. The molecule has 0 aliphatic heterocycles. The van der Waals surface area contributed by atoms with Crippen LogP contribution in [0.2, 0.25) is 0 Å². The Morgan fingerprint density at radius 1 is 1.47 bits per heavy atom. The molecule has 1 fully saturated rings. The maximum atomic E-state index is 4.44. The minimum atomic E-state index is 0.449. The highest BCUT2D eigenvalue weighted by molar-refractivity contribution is 5.29. The number of imidazole rings is 1. The third-order valence-electron chi connectivity index (χ3n) is 3.29. The summed E-state index contributed by atoms with van der Waals surface area (Å²) in [6.07, 6.45) is 6.58. The molecule has 1 atom stereocenters. The van der Waals surface area contributed by atoms with Crippen molar-refractivity contribution in [3.63, 3.8) is 0 Å². The van der Waals surface area contributed by atoms with Crippen LogP contribution in [0.4, 0.5) is 5.95 Å². The number of likely N-dealkylation sites (N-methyl/N-ethyl adjacent to an activating group) is 1. The summed E-state index contributed by atoms with van der Waals surface area (Å²) in [7, 11) is 4.23. The van der Waals surface area contributed by atoms with E-state index in [0.717, 1.165) is 12.5 Å². The van der Waals surface area contributed by atoms with Crippen molar-refractivity contribution in [2.45, 2.75) is 38.8 Å². The molecule has 2 rings (SSSR count). The molecule has 4 heteroatoms. The maximum absolute atomic E-state index is 4.44. The molecule has 1 N–H and O–H groups in total. The van der Waals surface area contributed by atoms with Crippen LogP contribution in [0.25, 0.3) is 0 Å². The van der Waals surface area contributed by atoms with Crippen LogP contribution in [0.5, 0.6) is 0 Å².